The highest BCUT2D eigenvalue weighted by atomic mass is 15.1. The van der Waals surface area contributed by atoms with Gasteiger partial charge in [0.25, 0.3) is 0 Å². The Bertz CT molecular complexity index is 3150. The second-order valence-corrected chi connectivity index (χ2v) is 16.0. The van der Waals surface area contributed by atoms with E-state index in [-0.39, 0.29) is 5.41 Å². The van der Waals surface area contributed by atoms with Crippen LogP contribution in [0.2, 0.25) is 0 Å². The number of hydrogen-bond acceptors (Lipinski definition) is 1. The van der Waals surface area contributed by atoms with Crippen molar-refractivity contribution in [1.82, 2.24) is 4.57 Å². The van der Waals surface area contributed by atoms with Gasteiger partial charge in [0.2, 0.25) is 0 Å². The first-order valence-electron chi connectivity index (χ1n) is 20.2. The van der Waals surface area contributed by atoms with Gasteiger partial charge in [0, 0.05) is 44.0 Å². The molecule has 0 aliphatic heterocycles. The average molecular weight is 731 g/mol. The number of hydrogen-bond donors (Lipinski definition) is 0. The normalized spacial score (nSPS) is 13.7. The van der Waals surface area contributed by atoms with Gasteiger partial charge in [-0.1, -0.05) is 159 Å². The summed E-state index contributed by atoms with van der Waals surface area (Å²) >= 11 is 0. The minimum atomic E-state index is -0.117. The van der Waals surface area contributed by atoms with Crippen LogP contribution in [-0.2, 0) is 5.41 Å². The second kappa shape index (κ2) is 13.1. The molecule has 2 heteroatoms. The maximum Gasteiger partial charge on any atom is 0.0546 e. The molecule has 1 aromatic heterocycles. The van der Waals surface area contributed by atoms with E-state index in [4.69, 9.17) is 0 Å². The van der Waals surface area contributed by atoms with Gasteiger partial charge in [-0.3, -0.25) is 0 Å². The van der Waals surface area contributed by atoms with E-state index >= 15 is 0 Å². The van der Waals surface area contributed by atoms with E-state index in [1.54, 1.807) is 0 Å². The standard InChI is InChI=1S/C55H42N2/c1-55(2)49-24-11-8-21-45(49)46-33-32-43(36-50(46)55)56(53-34-29-38-15-6-7-20-44(38)54(53)39-16-4-3-5-17-39)41-30-27-37(28-31-41)40-18-14-19-42(35-40)57-51-25-12-9-22-47(51)48-23-10-13-26-52(48)57/h3-9,11-12,14-36H,10,13H2,1-2H3. The van der Waals surface area contributed by atoms with Gasteiger partial charge in [0.1, 0.15) is 0 Å². The van der Waals surface area contributed by atoms with Crippen LogP contribution < -0.4 is 15.5 Å². The van der Waals surface area contributed by atoms with Crippen LogP contribution in [-0.4, -0.2) is 4.57 Å². The first-order chi connectivity index (χ1) is 28.0. The summed E-state index contributed by atoms with van der Waals surface area (Å²) in [6.45, 7) is 4.73. The molecule has 0 saturated heterocycles. The van der Waals surface area contributed by atoms with Crippen molar-refractivity contribution < 1.29 is 0 Å². The summed E-state index contributed by atoms with van der Waals surface area (Å²) in [5.74, 6) is 0. The zero-order chi connectivity index (χ0) is 38.1. The topological polar surface area (TPSA) is 8.17 Å². The van der Waals surface area contributed by atoms with Crippen LogP contribution in [0.15, 0.2) is 182 Å². The smallest absolute Gasteiger partial charge is 0.0546 e. The van der Waals surface area contributed by atoms with Crippen molar-refractivity contribution in [2.45, 2.75) is 32.1 Å². The quantitative estimate of drug-likeness (QED) is 0.165. The fraction of sp³-hybridized carbons (Fsp3) is 0.0909. The summed E-state index contributed by atoms with van der Waals surface area (Å²) in [6.07, 6.45) is 6.97. The Hall–Kier alpha value is -6.90. The monoisotopic (exact) mass is 730 g/mol. The number of anilines is 3. The first-order valence-corrected chi connectivity index (χ1v) is 20.2. The number of nitrogens with zero attached hydrogens (tertiary/aromatic N) is 2. The number of rotatable bonds is 6. The van der Waals surface area contributed by atoms with E-state index in [9.17, 15) is 0 Å². The van der Waals surface area contributed by atoms with Crippen LogP contribution in [0.25, 0.3) is 72.9 Å². The largest absolute Gasteiger partial charge is 0.310 e. The molecule has 8 aromatic carbocycles. The minimum Gasteiger partial charge on any atom is -0.310 e. The third kappa shape index (κ3) is 5.32. The predicted molar refractivity (Wildman–Crippen MR) is 241 cm³/mol. The molecule has 0 fully saturated rings. The van der Waals surface area contributed by atoms with Crippen molar-refractivity contribution in [3.63, 3.8) is 0 Å². The van der Waals surface area contributed by atoms with Crippen LogP contribution in [0.5, 0.6) is 0 Å². The second-order valence-electron chi connectivity index (χ2n) is 16.0. The van der Waals surface area contributed by atoms with Gasteiger partial charge < -0.3 is 9.47 Å². The van der Waals surface area contributed by atoms with Crippen molar-refractivity contribution in [1.29, 1.82) is 0 Å². The maximum absolute atomic E-state index is 2.47. The molecule has 0 amide bonds. The summed E-state index contributed by atoms with van der Waals surface area (Å²) in [5.41, 5.74) is 16.0. The Morgan fingerprint density at radius 3 is 2.07 bits per heavy atom. The summed E-state index contributed by atoms with van der Waals surface area (Å²) in [4.78, 5) is 2.47. The number of aromatic nitrogens is 1. The third-order valence-corrected chi connectivity index (χ3v) is 12.4. The molecule has 11 rings (SSSR count). The first kappa shape index (κ1) is 33.4. The Morgan fingerprint density at radius 2 is 1.19 bits per heavy atom. The van der Waals surface area contributed by atoms with Crippen molar-refractivity contribution in [3.8, 4) is 39.1 Å². The molecule has 1 heterocycles. The molecule has 9 aromatic rings. The molecule has 0 saturated carbocycles. The fourth-order valence-electron chi connectivity index (χ4n) is 9.67. The molecule has 2 aliphatic carbocycles. The predicted octanol–water partition coefficient (Wildman–Crippen LogP) is 13.2. The fourth-order valence-corrected chi connectivity index (χ4v) is 9.67. The van der Waals surface area contributed by atoms with E-state index in [1.165, 1.54) is 82.4 Å². The highest BCUT2D eigenvalue weighted by Crippen LogP contribution is 2.52. The zero-order valence-corrected chi connectivity index (χ0v) is 32.3. The number of benzene rings is 8. The van der Waals surface area contributed by atoms with Gasteiger partial charge in [-0.15, -0.1) is 0 Å². The molecule has 272 valence electrons. The SMILES string of the molecule is CC1(C)c2ccccc2-c2ccc(N(c3ccc(-c4cccc(-n5c6c(c7ccccc75)=CCCC=6)c4)cc3)c3ccc4ccccc4c3-c3ccccc3)cc21. The van der Waals surface area contributed by atoms with Crippen LogP contribution in [0.1, 0.15) is 37.8 Å². The highest BCUT2D eigenvalue weighted by Gasteiger charge is 2.36. The Kier molecular flexibility index (Phi) is 7.69. The lowest BCUT2D eigenvalue weighted by atomic mass is 9.82. The van der Waals surface area contributed by atoms with Gasteiger partial charge in [-0.2, -0.15) is 0 Å². The Morgan fingerprint density at radius 1 is 0.491 bits per heavy atom. The zero-order valence-electron chi connectivity index (χ0n) is 32.3. The van der Waals surface area contributed by atoms with Gasteiger partial charge in [0.15, 0.2) is 0 Å². The lowest BCUT2D eigenvalue weighted by Crippen LogP contribution is -2.30. The van der Waals surface area contributed by atoms with E-state index in [1.807, 2.05) is 0 Å². The van der Waals surface area contributed by atoms with Crippen molar-refractivity contribution in [2.75, 3.05) is 4.90 Å². The Balaban J connectivity index is 1.08. The highest BCUT2D eigenvalue weighted by molar-refractivity contribution is 6.05. The van der Waals surface area contributed by atoms with Gasteiger partial charge in [-0.25, -0.2) is 0 Å². The van der Waals surface area contributed by atoms with Gasteiger partial charge in [-0.05, 0) is 111 Å². The van der Waals surface area contributed by atoms with Crippen LogP contribution in [0, 0.1) is 0 Å². The molecule has 0 radical (unpaired) electrons. The lowest BCUT2D eigenvalue weighted by molar-refractivity contribution is 0.660. The van der Waals surface area contributed by atoms with E-state index in [2.05, 4.69) is 217 Å². The van der Waals surface area contributed by atoms with E-state index < -0.39 is 0 Å². The molecule has 0 atom stereocenters. The molecule has 0 bridgehead atoms. The molecule has 2 nitrogen and oxygen atoms in total. The summed E-state index contributed by atoms with van der Waals surface area (Å²) < 4.78 is 2.44. The average Bonchev–Trinajstić information content (AvgIpc) is 3.72. The molecule has 57 heavy (non-hydrogen) atoms. The van der Waals surface area contributed by atoms with Crippen LogP contribution in [0.4, 0.5) is 17.1 Å². The molecule has 2 aliphatic rings. The summed E-state index contributed by atoms with van der Waals surface area (Å²) in [7, 11) is 0. The number of fused-ring (bicyclic) bond motifs is 7. The minimum absolute atomic E-state index is 0.117. The molecule has 0 unspecified atom stereocenters. The summed E-state index contributed by atoms with van der Waals surface area (Å²) in [5, 5.41) is 6.45. The van der Waals surface area contributed by atoms with Gasteiger partial charge in [0.05, 0.1) is 11.2 Å². The third-order valence-electron chi connectivity index (χ3n) is 12.4. The van der Waals surface area contributed by atoms with Crippen LogP contribution in [0.3, 0.4) is 0 Å². The van der Waals surface area contributed by atoms with Crippen LogP contribution >= 0.6 is 0 Å². The molecule has 0 spiro atoms. The van der Waals surface area contributed by atoms with Gasteiger partial charge >= 0.3 is 0 Å². The van der Waals surface area contributed by atoms with E-state index in [0.717, 1.165) is 29.9 Å². The molecule has 0 N–H and O–H groups in total. The van der Waals surface area contributed by atoms with Crippen molar-refractivity contribution >= 4 is 50.9 Å². The maximum atomic E-state index is 2.47. The lowest BCUT2D eigenvalue weighted by Gasteiger charge is -2.30. The molecular weight excluding hydrogens is 689 g/mol. The Labute approximate surface area is 333 Å². The molecular formula is C55H42N2. The number of para-hydroxylation sites is 1. The van der Waals surface area contributed by atoms with Crippen molar-refractivity contribution in [3.05, 3.63) is 204 Å². The van der Waals surface area contributed by atoms with Crippen molar-refractivity contribution in [2.24, 2.45) is 0 Å². The summed E-state index contributed by atoms with van der Waals surface area (Å²) in [6, 6.07) is 67.2. The van der Waals surface area contributed by atoms with E-state index in [0.29, 0.717) is 0 Å².